The quantitative estimate of drug-likeness (QED) is 0.907. The second-order valence-corrected chi connectivity index (χ2v) is 6.12. The number of hydrogen-bond acceptors (Lipinski definition) is 5. The SMILES string of the molecule is Cc1nc(N)c2c(C)c(C(=O)N[C@@H]3C[C@H]3CF)sc2n1. The molecule has 1 aliphatic rings. The lowest BCUT2D eigenvalue weighted by Crippen LogP contribution is -2.26. The summed E-state index contributed by atoms with van der Waals surface area (Å²) in [4.78, 5) is 22.0. The molecule has 20 heavy (non-hydrogen) atoms. The van der Waals surface area contributed by atoms with Gasteiger partial charge in [0.05, 0.1) is 16.9 Å². The van der Waals surface area contributed by atoms with Crippen molar-refractivity contribution in [3.8, 4) is 0 Å². The van der Waals surface area contributed by atoms with E-state index >= 15 is 0 Å². The zero-order valence-electron chi connectivity index (χ0n) is 11.2. The van der Waals surface area contributed by atoms with Crippen molar-refractivity contribution in [1.82, 2.24) is 15.3 Å². The number of nitrogens with one attached hydrogen (secondary N) is 1. The lowest BCUT2D eigenvalue weighted by Gasteiger charge is -2.02. The maximum atomic E-state index is 12.4. The van der Waals surface area contributed by atoms with Gasteiger partial charge in [-0.1, -0.05) is 0 Å². The van der Waals surface area contributed by atoms with Gasteiger partial charge in [0, 0.05) is 12.0 Å². The summed E-state index contributed by atoms with van der Waals surface area (Å²) in [5, 5.41) is 3.59. The molecule has 0 spiro atoms. The molecule has 1 saturated carbocycles. The first kappa shape index (κ1) is 13.2. The third kappa shape index (κ3) is 2.11. The van der Waals surface area contributed by atoms with Crippen LogP contribution in [0.15, 0.2) is 0 Å². The number of aryl methyl sites for hydroxylation is 2. The predicted octanol–water partition coefficient (Wildman–Crippen LogP) is 1.98. The number of hydrogen-bond donors (Lipinski definition) is 2. The van der Waals surface area contributed by atoms with E-state index in [-0.39, 0.29) is 24.5 Å². The van der Waals surface area contributed by atoms with E-state index in [1.165, 1.54) is 11.3 Å². The van der Waals surface area contributed by atoms with Crippen molar-refractivity contribution in [2.75, 3.05) is 12.4 Å². The summed E-state index contributed by atoms with van der Waals surface area (Å²) in [6.45, 7) is 3.22. The largest absolute Gasteiger partial charge is 0.383 e. The van der Waals surface area contributed by atoms with Crippen LogP contribution >= 0.6 is 11.3 Å². The Morgan fingerprint density at radius 3 is 2.90 bits per heavy atom. The fraction of sp³-hybridized carbons (Fsp3) is 0.462. The maximum absolute atomic E-state index is 12.4. The molecule has 3 N–H and O–H groups in total. The Hall–Kier alpha value is -1.76. The van der Waals surface area contributed by atoms with Gasteiger partial charge in [0.1, 0.15) is 16.5 Å². The third-order valence-electron chi connectivity index (χ3n) is 3.57. The van der Waals surface area contributed by atoms with E-state index < -0.39 is 0 Å². The predicted molar refractivity (Wildman–Crippen MR) is 76.6 cm³/mol. The van der Waals surface area contributed by atoms with Crippen molar-refractivity contribution >= 4 is 33.3 Å². The molecule has 0 aliphatic heterocycles. The monoisotopic (exact) mass is 294 g/mol. The molecular weight excluding hydrogens is 279 g/mol. The number of alkyl halides is 1. The minimum absolute atomic E-state index is 0.0271. The molecule has 0 radical (unpaired) electrons. The Balaban J connectivity index is 1.94. The standard InChI is InChI=1S/C13H15FN4OS/c1-5-9-11(15)16-6(2)17-13(9)20-10(5)12(19)18-8-3-7(8)4-14/h7-8H,3-4H2,1-2H3,(H,18,19)(H2,15,16,17)/t7-,8+/m0/s1. The van der Waals surface area contributed by atoms with Crippen LogP contribution in [0.1, 0.15) is 27.5 Å². The van der Waals surface area contributed by atoms with Crippen LogP contribution in [0.25, 0.3) is 10.2 Å². The molecule has 1 amide bonds. The Labute approximate surface area is 119 Å². The molecule has 1 aliphatic carbocycles. The van der Waals surface area contributed by atoms with Crippen molar-refractivity contribution in [3.05, 3.63) is 16.3 Å². The number of aromatic nitrogens is 2. The van der Waals surface area contributed by atoms with E-state index in [4.69, 9.17) is 5.73 Å². The minimum Gasteiger partial charge on any atom is -0.383 e. The molecule has 2 aromatic rings. The Morgan fingerprint density at radius 1 is 1.50 bits per heavy atom. The lowest BCUT2D eigenvalue weighted by molar-refractivity contribution is 0.0952. The number of carbonyl (C=O) groups excluding carboxylic acids is 1. The number of nitrogen functional groups attached to an aromatic ring is 1. The van der Waals surface area contributed by atoms with E-state index in [1.54, 1.807) is 6.92 Å². The first-order valence-corrected chi connectivity index (χ1v) is 7.23. The van der Waals surface area contributed by atoms with Crippen molar-refractivity contribution in [2.24, 2.45) is 5.92 Å². The molecule has 2 aromatic heterocycles. The van der Waals surface area contributed by atoms with E-state index in [0.717, 1.165) is 15.8 Å². The zero-order chi connectivity index (χ0) is 14.4. The van der Waals surface area contributed by atoms with Crippen LogP contribution in [-0.2, 0) is 0 Å². The molecule has 0 bridgehead atoms. The summed E-state index contributed by atoms with van der Waals surface area (Å²) >= 11 is 1.30. The van der Waals surface area contributed by atoms with Gasteiger partial charge >= 0.3 is 0 Å². The highest BCUT2D eigenvalue weighted by Crippen LogP contribution is 2.34. The number of halogens is 1. The minimum atomic E-state index is -0.381. The van der Waals surface area contributed by atoms with Gasteiger partial charge < -0.3 is 11.1 Å². The molecule has 3 rings (SSSR count). The molecule has 7 heteroatoms. The highest BCUT2D eigenvalue weighted by molar-refractivity contribution is 7.20. The Kier molecular flexibility index (Phi) is 3.08. The fourth-order valence-electron chi connectivity index (χ4n) is 2.33. The van der Waals surface area contributed by atoms with E-state index in [9.17, 15) is 9.18 Å². The second kappa shape index (κ2) is 4.66. The average Bonchev–Trinajstić information content (AvgIpc) is 3.04. The van der Waals surface area contributed by atoms with Crippen LogP contribution in [0.3, 0.4) is 0 Å². The maximum Gasteiger partial charge on any atom is 0.261 e. The van der Waals surface area contributed by atoms with Crippen LogP contribution in [-0.4, -0.2) is 28.6 Å². The van der Waals surface area contributed by atoms with Gasteiger partial charge in [-0.25, -0.2) is 9.97 Å². The number of anilines is 1. The normalized spacial score (nSPS) is 21.1. The molecule has 2 atom stereocenters. The Morgan fingerprint density at radius 2 is 2.25 bits per heavy atom. The molecular formula is C13H15FN4OS. The van der Waals surface area contributed by atoms with Crippen LogP contribution in [0.5, 0.6) is 0 Å². The van der Waals surface area contributed by atoms with Gasteiger partial charge in [-0.3, -0.25) is 9.18 Å². The Bertz CT molecular complexity index is 699. The molecule has 106 valence electrons. The number of rotatable bonds is 3. The zero-order valence-corrected chi connectivity index (χ0v) is 12.1. The van der Waals surface area contributed by atoms with Crippen LogP contribution in [0.4, 0.5) is 10.2 Å². The van der Waals surface area contributed by atoms with Crippen LogP contribution in [0, 0.1) is 19.8 Å². The average molecular weight is 294 g/mol. The number of thiophene rings is 1. The van der Waals surface area contributed by atoms with Crippen LogP contribution < -0.4 is 11.1 Å². The van der Waals surface area contributed by atoms with Gasteiger partial charge in [0.15, 0.2) is 0 Å². The fourth-order valence-corrected chi connectivity index (χ4v) is 3.46. The molecule has 0 aromatic carbocycles. The molecule has 0 unspecified atom stereocenters. The van der Waals surface area contributed by atoms with Crippen LogP contribution in [0.2, 0.25) is 0 Å². The smallest absolute Gasteiger partial charge is 0.261 e. The topological polar surface area (TPSA) is 80.9 Å². The number of nitrogens with zero attached hydrogens (tertiary/aromatic N) is 2. The summed E-state index contributed by atoms with van der Waals surface area (Å²) in [5.41, 5.74) is 6.69. The van der Waals surface area contributed by atoms with Gasteiger partial charge in [-0.05, 0) is 25.8 Å². The lowest BCUT2D eigenvalue weighted by atomic mass is 10.2. The van der Waals surface area contributed by atoms with Crippen molar-refractivity contribution in [2.45, 2.75) is 26.3 Å². The first-order chi connectivity index (χ1) is 9.51. The van der Waals surface area contributed by atoms with Gasteiger partial charge in [0.2, 0.25) is 0 Å². The third-order valence-corrected chi connectivity index (χ3v) is 4.76. The van der Waals surface area contributed by atoms with Crippen molar-refractivity contribution < 1.29 is 9.18 Å². The van der Waals surface area contributed by atoms with E-state index in [1.807, 2.05) is 6.92 Å². The second-order valence-electron chi connectivity index (χ2n) is 5.12. The van der Waals surface area contributed by atoms with Gasteiger partial charge in [0.25, 0.3) is 5.91 Å². The summed E-state index contributed by atoms with van der Waals surface area (Å²) in [5.74, 6) is 0.778. The number of carbonyl (C=O) groups is 1. The summed E-state index contributed by atoms with van der Waals surface area (Å²) in [6.07, 6.45) is 0.716. The number of amides is 1. The highest BCUT2D eigenvalue weighted by Gasteiger charge is 2.38. The number of fused-ring (bicyclic) bond motifs is 1. The number of nitrogens with two attached hydrogens (primary N) is 1. The summed E-state index contributed by atoms with van der Waals surface area (Å²) in [6, 6.07) is -0.0396. The molecule has 2 heterocycles. The first-order valence-electron chi connectivity index (χ1n) is 6.41. The molecule has 1 fully saturated rings. The van der Waals surface area contributed by atoms with Crippen molar-refractivity contribution in [1.29, 1.82) is 0 Å². The molecule has 0 saturated heterocycles. The molecule has 5 nitrogen and oxygen atoms in total. The van der Waals surface area contributed by atoms with Crippen molar-refractivity contribution in [3.63, 3.8) is 0 Å². The highest BCUT2D eigenvalue weighted by atomic mass is 32.1. The summed E-state index contributed by atoms with van der Waals surface area (Å²) in [7, 11) is 0. The summed E-state index contributed by atoms with van der Waals surface area (Å²) < 4.78 is 12.4. The van der Waals surface area contributed by atoms with Gasteiger partial charge in [-0.2, -0.15) is 0 Å². The van der Waals surface area contributed by atoms with Gasteiger partial charge in [-0.15, -0.1) is 11.3 Å². The van der Waals surface area contributed by atoms with E-state index in [0.29, 0.717) is 22.9 Å². The van der Waals surface area contributed by atoms with E-state index in [2.05, 4.69) is 15.3 Å².